The van der Waals surface area contributed by atoms with Crippen LogP contribution in [0.1, 0.15) is 36.7 Å². The largest absolute Gasteiger partial charge is 0.339 e. The third kappa shape index (κ3) is 5.54. The summed E-state index contributed by atoms with van der Waals surface area (Å²) in [7, 11) is 0. The van der Waals surface area contributed by atoms with E-state index < -0.39 is 0 Å². The lowest BCUT2D eigenvalue weighted by molar-refractivity contribution is 0.0773. The van der Waals surface area contributed by atoms with Crippen molar-refractivity contribution in [3.63, 3.8) is 0 Å². The molecule has 2 rings (SSSR count). The molecule has 2 aromatic rings. The second-order valence-electron chi connectivity index (χ2n) is 6.13. The molecule has 144 valence electrons. The highest BCUT2D eigenvalue weighted by Crippen LogP contribution is 2.14. The predicted molar refractivity (Wildman–Crippen MR) is 105 cm³/mol. The normalized spacial score (nSPS) is 10.4. The maximum atomic E-state index is 13.3. The van der Waals surface area contributed by atoms with E-state index in [2.05, 4.69) is 5.32 Å². The van der Waals surface area contributed by atoms with E-state index in [1.807, 2.05) is 20.8 Å². The van der Waals surface area contributed by atoms with E-state index in [1.165, 1.54) is 12.1 Å². The van der Waals surface area contributed by atoms with Crippen LogP contribution in [0.4, 0.5) is 14.9 Å². The third-order valence-electron chi connectivity index (χ3n) is 4.37. The first-order valence-electron chi connectivity index (χ1n) is 9.18. The topological polar surface area (TPSA) is 52.7 Å². The zero-order chi connectivity index (χ0) is 19.8. The van der Waals surface area contributed by atoms with E-state index in [4.69, 9.17) is 0 Å². The standard InChI is InChI=1S/C21H26FN3O2/c1-4-24(5-2)20(26)17-10-12-19(13-11-17)23-21(27)25(6-3)15-16-8-7-9-18(22)14-16/h7-14H,4-6,15H2,1-3H3,(H,23,27). The SMILES string of the molecule is CCN(Cc1cccc(F)c1)C(=O)Nc1ccc(C(=O)N(CC)CC)cc1. The maximum Gasteiger partial charge on any atom is 0.322 e. The molecule has 27 heavy (non-hydrogen) atoms. The minimum Gasteiger partial charge on any atom is -0.339 e. The molecule has 0 saturated carbocycles. The summed E-state index contributed by atoms with van der Waals surface area (Å²) in [5.41, 5.74) is 1.92. The minimum absolute atomic E-state index is 0.0286. The molecule has 0 fully saturated rings. The molecular weight excluding hydrogens is 345 g/mol. The van der Waals surface area contributed by atoms with Gasteiger partial charge in [0.1, 0.15) is 5.82 Å². The number of hydrogen-bond donors (Lipinski definition) is 1. The van der Waals surface area contributed by atoms with Gasteiger partial charge in [0, 0.05) is 37.4 Å². The van der Waals surface area contributed by atoms with E-state index in [0.29, 0.717) is 37.4 Å². The lowest BCUT2D eigenvalue weighted by atomic mass is 10.1. The van der Waals surface area contributed by atoms with Crippen LogP contribution in [0.3, 0.4) is 0 Å². The molecule has 0 spiro atoms. The molecule has 0 aliphatic rings. The van der Waals surface area contributed by atoms with Gasteiger partial charge in [-0.25, -0.2) is 9.18 Å². The maximum absolute atomic E-state index is 13.3. The molecule has 0 heterocycles. The number of amides is 3. The van der Waals surface area contributed by atoms with Crippen LogP contribution in [0.25, 0.3) is 0 Å². The van der Waals surface area contributed by atoms with Gasteiger partial charge in [-0.1, -0.05) is 12.1 Å². The third-order valence-corrected chi connectivity index (χ3v) is 4.37. The van der Waals surface area contributed by atoms with Gasteiger partial charge in [0.25, 0.3) is 5.91 Å². The van der Waals surface area contributed by atoms with Gasteiger partial charge in [-0.3, -0.25) is 4.79 Å². The van der Waals surface area contributed by atoms with Crippen molar-refractivity contribution in [3.05, 3.63) is 65.5 Å². The van der Waals surface area contributed by atoms with Crippen LogP contribution in [-0.4, -0.2) is 41.4 Å². The van der Waals surface area contributed by atoms with Crippen molar-refractivity contribution in [2.75, 3.05) is 25.0 Å². The van der Waals surface area contributed by atoms with Crippen molar-refractivity contribution in [1.29, 1.82) is 0 Å². The number of hydrogen-bond acceptors (Lipinski definition) is 2. The molecule has 1 N–H and O–H groups in total. The summed E-state index contributed by atoms with van der Waals surface area (Å²) in [6.07, 6.45) is 0. The van der Waals surface area contributed by atoms with Crippen LogP contribution >= 0.6 is 0 Å². The Morgan fingerprint density at radius 2 is 1.56 bits per heavy atom. The smallest absolute Gasteiger partial charge is 0.322 e. The van der Waals surface area contributed by atoms with Crippen LogP contribution in [-0.2, 0) is 6.54 Å². The van der Waals surface area contributed by atoms with E-state index in [0.717, 1.165) is 5.56 Å². The Morgan fingerprint density at radius 3 is 2.11 bits per heavy atom. The van der Waals surface area contributed by atoms with Crippen LogP contribution in [0.2, 0.25) is 0 Å². The van der Waals surface area contributed by atoms with E-state index in [-0.39, 0.29) is 17.8 Å². The van der Waals surface area contributed by atoms with Crippen molar-refractivity contribution in [1.82, 2.24) is 9.80 Å². The Kier molecular flexibility index (Phi) is 7.34. The Hall–Kier alpha value is -2.89. The second-order valence-corrected chi connectivity index (χ2v) is 6.13. The molecule has 5 nitrogen and oxygen atoms in total. The lowest BCUT2D eigenvalue weighted by Crippen LogP contribution is -2.34. The van der Waals surface area contributed by atoms with Gasteiger partial charge in [0.2, 0.25) is 0 Å². The molecule has 0 unspecified atom stereocenters. The first-order chi connectivity index (χ1) is 13.0. The molecule has 3 amide bonds. The Bertz CT molecular complexity index is 773. The molecule has 2 aromatic carbocycles. The molecule has 0 atom stereocenters. The van der Waals surface area contributed by atoms with Crippen LogP contribution in [0, 0.1) is 5.82 Å². The molecule has 0 saturated heterocycles. The lowest BCUT2D eigenvalue weighted by Gasteiger charge is -2.22. The van der Waals surface area contributed by atoms with Gasteiger partial charge in [-0.2, -0.15) is 0 Å². The Morgan fingerprint density at radius 1 is 0.926 bits per heavy atom. The van der Waals surface area contributed by atoms with Gasteiger partial charge >= 0.3 is 6.03 Å². The Balaban J connectivity index is 2.02. The van der Waals surface area contributed by atoms with Crippen molar-refractivity contribution in [2.24, 2.45) is 0 Å². The Labute approximate surface area is 159 Å². The summed E-state index contributed by atoms with van der Waals surface area (Å²) < 4.78 is 13.3. The molecule has 6 heteroatoms. The molecule has 0 aliphatic heterocycles. The van der Waals surface area contributed by atoms with E-state index in [9.17, 15) is 14.0 Å². The number of nitrogens with one attached hydrogen (secondary N) is 1. The summed E-state index contributed by atoms with van der Waals surface area (Å²) in [6.45, 7) is 7.85. The summed E-state index contributed by atoms with van der Waals surface area (Å²) in [4.78, 5) is 28.2. The number of carbonyl (C=O) groups is 2. The average Bonchev–Trinajstić information content (AvgIpc) is 2.67. The summed E-state index contributed by atoms with van der Waals surface area (Å²) in [5.74, 6) is -0.350. The van der Waals surface area contributed by atoms with Crippen LogP contribution < -0.4 is 5.32 Å². The summed E-state index contributed by atoms with van der Waals surface area (Å²) in [6, 6.07) is 12.8. The summed E-state index contributed by atoms with van der Waals surface area (Å²) in [5, 5.41) is 2.82. The van der Waals surface area contributed by atoms with Crippen molar-refractivity contribution < 1.29 is 14.0 Å². The molecule has 0 aromatic heterocycles. The second kappa shape index (κ2) is 9.71. The van der Waals surface area contributed by atoms with Gasteiger partial charge in [-0.05, 0) is 62.7 Å². The number of urea groups is 1. The van der Waals surface area contributed by atoms with Crippen LogP contribution in [0.15, 0.2) is 48.5 Å². The number of nitrogens with zero attached hydrogens (tertiary/aromatic N) is 2. The zero-order valence-electron chi connectivity index (χ0n) is 16.0. The highest BCUT2D eigenvalue weighted by Gasteiger charge is 2.15. The zero-order valence-corrected chi connectivity index (χ0v) is 16.0. The number of carbonyl (C=O) groups excluding carboxylic acids is 2. The first kappa shape index (κ1) is 20.4. The fourth-order valence-corrected chi connectivity index (χ4v) is 2.77. The number of halogens is 1. The number of benzene rings is 2. The van der Waals surface area contributed by atoms with Crippen LogP contribution in [0.5, 0.6) is 0 Å². The van der Waals surface area contributed by atoms with Gasteiger partial charge < -0.3 is 15.1 Å². The highest BCUT2D eigenvalue weighted by molar-refractivity contribution is 5.95. The molecule has 0 bridgehead atoms. The monoisotopic (exact) mass is 371 g/mol. The molecular formula is C21H26FN3O2. The van der Waals surface area contributed by atoms with E-state index in [1.54, 1.807) is 46.2 Å². The van der Waals surface area contributed by atoms with Gasteiger partial charge in [0.05, 0.1) is 0 Å². The fraction of sp³-hybridized carbons (Fsp3) is 0.333. The quantitative estimate of drug-likeness (QED) is 0.786. The molecule has 0 radical (unpaired) electrons. The van der Waals surface area contributed by atoms with Gasteiger partial charge in [0.15, 0.2) is 0 Å². The predicted octanol–water partition coefficient (Wildman–Crippen LogP) is 4.36. The van der Waals surface area contributed by atoms with Crippen molar-refractivity contribution in [3.8, 4) is 0 Å². The van der Waals surface area contributed by atoms with Crippen molar-refractivity contribution in [2.45, 2.75) is 27.3 Å². The minimum atomic E-state index is -0.322. The highest BCUT2D eigenvalue weighted by atomic mass is 19.1. The summed E-state index contributed by atoms with van der Waals surface area (Å²) >= 11 is 0. The fourth-order valence-electron chi connectivity index (χ4n) is 2.77. The first-order valence-corrected chi connectivity index (χ1v) is 9.18. The molecule has 0 aliphatic carbocycles. The van der Waals surface area contributed by atoms with Crippen molar-refractivity contribution >= 4 is 17.6 Å². The average molecular weight is 371 g/mol. The van der Waals surface area contributed by atoms with Gasteiger partial charge in [-0.15, -0.1) is 0 Å². The number of anilines is 1. The number of rotatable bonds is 7. The van der Waals surface area contributed by atoms with E-state index >= 15 is 0 Å².